The number of rotatable bonds is 4. The molecule has 1 heterocycles. The minimum Gasteiger partial charge on any atom is -0.453 e. The molecule has 2 rings (SSSR count). The van der Waals surface area contributed by atoms with Gasteiger partial charge in [-0.15, -0.1) is 11.3 Å². The lowest BCUT2D eigenvalue weighted by atomic mass is 9.95. The first-order valence-corrected chi connectivity index (χ1v) is 7.64. The number of primary amides is 1. The second kappa shape index (κ2) is 6.26. The molecule has 1 aliphatic rings. The fourth-order valence-corrected chi connectivity index (χ4v) is 3.73. The van der Waals surface area contributed by atoms with Crippen molar-refractivity contribution in [1.29, 1.82) is 0 Å². The van der Waals surface area contributed by atoms with E-state index in [1.165, 1.54) is 25.2 Å². The van der Waals surface area contributed by atoms with Gasteiger partial charge < -0.3 is 15.8 Å². The van der Waals surface area contributed by atoms with Gasteiger partial charge in [-0.05, 0) is 38.2 Å². The summed E-state index contributed by atoms with van der Waals surface area (Å²) in [6, 6.07) is 0. The molecule has 1 aromatic rings. The molecule has 0 aliphatic heterocycles. The van der Waals surface area contributed by atoms with E-state index in [2.05, 4.69) is 5.32 Å². The van der Waals surface area contributed by atoms with Crippen LogP contribution in [-0.2, 0) is 27.2 Å². The van der Waals surface area contributed by atoms with Gasteiger partial charge in [0, 0.05) is 11.8 Å². The van der Waals surface area contributed by atoms with Crippen molar-refractivity contribution < 1.29 is 19.1 Å². The summed E-state index contributed by atoms with van der Waals surface area (Å²) in [6.45, 7) is 2.72. The van der Waals surface area contributed by atoms with Crippen LogP contribution in [0.3, 0.4) is 0 Å². The van der Waals surface area contributed by atoms with E-state index >= 15 is 0 Å². The number of ether oxygens (including phenoxy) is 1. The molecule has 0 bridgehead atoms. The molecule has 3 N–H and O–H groups in total. The molecule has 21 heavy (non-hydrogen) atoms. The van der Waals surface area contributed by atoms with Crippen LogP contribution in [-0.4, -0.2) is 23.9 Å². The molecule has 0 saturated carbocycles. The van der Waals surface area contributed by atoms with E-state index in [0.717, 1.165) is 36.1 Å². The number of carbonyl (C=O) groups excluding carboxylic acids is 3. The van der Waals surface area contributed by atoms with Crippen LogP contribution >= 0.6 is 11.3 Å². The highest BCUT2D eigenvalue weighted by Gasteiger charge is 2.26. The van der Waals surface area contributed by atoms with Crippen LogP contribution in [0, 0.1) is 0 Å². The highest BCUT2D eigenvalue weighted by atomic mass is 32.1. The van der Waals surface area contributed by atoms with Gasteiger partial charge in [0.05, 0.1) is 5.56 Å². The summed E-state index contributed by atoms with van der Waals surface area (Å²) in [7, 11) is 0. The van der Waals surface area contributed by atoms with Crippen LogP contribution in [0.15, 0.2) is 0 Å². The average molecular weight is 310 g/mol. The predicted octanol–water partition coefficient (Wildman–Crippen LogP) is 1.62. The van der Waals surface area contributed by atoms with Gasteiger partial charge in [-0.2, -0.15) is 0 Å². The Labute approximate surface area is 126 Å². The van der Waals surface area contributed by atoms with Crippen molar-refractivity contribution in [2.24, 2.45) is 5.73 Å². The van der Waals surface area contributed by atoms with Crippen LogP contribution in [0.25, 0.3) is 0 Å². The molecule has 0 saturated heterocycles. The first kappa shape index (κ1) is 15.5. The molecule has 0 aromatic carbocycles. The number of esters is 1. The zero-order valence-corrected chi connectivity index (χ0v) is 12.8. The Balaban J connectivity index is 2.23. The van der Waals surface area contributed by atoms with Gasteiger partial charge >= 0.3 is 5.97 Å². The first-order chi connectivity index (χ1) is 9.90. The summed E-state index contributed by atoms with van der Waals surface area (Å²) in [5, 5.41) is 3.11. The molecule has 114 valence electrons. The predicted molar refractivity (Wildman–Crippen MR) is 79.3 cm³/mol. The third-order valence-electron chi connectivity index (χ3n) is 3.37. The molecule has 1 aliphatic carbocycles. The number of anilines is 1. The van der Waals surface area contributed by atoms with Crippen molar-refractivity contribution in [3.8, 4) is 0 Å². The van der Waals surface area contributed by atoms with Gasteiger partial charge in [-0.3, -0.25) is 14.4 Å². The number of nitrogens with two attached hydrogens (primary N) is 1. The summed E-state index contributed by atoms with van der Waals surface area (Å²) in [6.07, 6.45) is 2.88. The second-order valence-corrected chi connectivity index (χ2v) is 6.13. The average Bonchev–Trinajstić information content (AvgIpc) is 2.75. The van der Waals surface area contributed by atoms with Gasteiger partial charge in [0.2, 0.25) is 0 Å². The van der Waals surface area contributed by atoms with Crippen LogP contribution < -0.4 is 11.1 Å². The second-order valence-electron chi connectivity index (χ2n) is 5.02. The van der Waals surface area contributed by atoms with Crippen LogP contribution in [0.5, 0.6) is 0 Å². The third-order valence-corrected chi connectivity index (χ3v) is 4.57. The van der Waals surface area contributed by atoms with Crippen LogP contribution in [0.1, 0.15) is 47.5 Å². The first-order valence-electron chi connectivity index (χ1n) is 6.82. The molecule has 6 nitrogen and oxygen atoms in total. The number of carbonyl (C=O) groups is 3. The summed E-state index contributed by atoms with van der Waals surface area (Å²) >= 11 is 1.38. The van der Waals surface area contributed by atoms with E-state index < -0.39 is 23.9 Å². The maximum absolute atomic E-state index is 12.0. The fourth-order valence-electron chi connectivity index (χ4n) is 2.43. The van der Waals surface area contributed by atoms with E-state index in [1.54, 1.807) is 0 Å². The van der Waals surface area contributed by atoms with Gasteiger partial charge in [-0.1, -0.05) is 0 Å². The largest absolute Gasteiger partial charge is 0.453 e. The topological polar surface area (TPSA) is 98.5 Å². The summed E-state index contributed by atoms with van der Waals surface area (Å²) < 4.78 is 4.82. The van der Waals surface area contributed by atoms with Crippen molar-refractivity contribution >= 4 is 34.1 Å². The fraction of sp³-hybridized carbons (Fsp3) is 0.500. The maximum Gasteiger partial charge on any atom is 0.303 e. The molecule has 1 unspecified atom stereocenters. The molecule has 1 aromatic heterocycles. The van der Waals surface area contributed by atoms with Gasteiger partial charge in [0.15, 0.2) is 6.10 Å². The number of thiophene rings is 1. The lowest BCUT2D eigenvalue weighted by molar-refractivity contribution is -0.150. The minimum atomic E-state index is -0.914. The van der Waals surface area contributed by atoms with Gasteiger partial charge in [-0.25, -0.2) is 0 Å². The van der Waals surface area contributed by atoms with Crippen molar-refractivity contribution in [1.82, 2.24) is 0 Å². The molecular weight excluding hydrogens is 292 g/mol. The maximum atomic E-state index is 12.0. The number of amides is 2. The van der Waals surface area contributed by atoms with E-state index in [4.69, 9.17) is 10.5 Å². The number of aryl methyl sites for hydroxylation is 1. The summed E-state index contributed by atoms with van der Waals surface area (Å²) in [5.74, 6) is -1.53. The zero-order valence-electron chi connectivity index (χ0n) is 12.0. The minimum absolute atomic E-state index is 0.401. The van der Waals surface area contributed by atoms with E-state index in [9.17, 15) is 14.4 Å². The number of fused-ring (bicyclic) bond motifs is 1. The molecule has 1 atom stereocenters. The normalized spacial score (nSPS) is 15.0. The van der Waals surface area contributed by atoms with Crippen molar-refractivity contribution in [3.05, 3.63) is 16.0 Å². The van der Waals surface area contributed by atoms with Crippen LogP contribution in [0.4, 0.5) is 5.00 Å². The van der Waals surface area contributed by atoms with Crippen LogP contribution in [0.2, 0.25) is 0 Å². The summed E-state index contributed by atoms with van der Waals surface area (Å²) in [4.78, 5) is 35.7. The Morgan fingerprint density at radius 3 is 2.57 bits per heavy atom. The quantitative estimate of drug-likeness (QED) is 0.825. The number of hydrogen-bond donors (Lipinski definition) is 2. The highest BCUT2D eigenvalue weighted by molar-refractivity contribution is 7.17. The Kier molecular flexibility index (Phi) is 4.62. The molecule has 0 spiro atoms. The Morgan fingerprint density at radius 2 is 1.95 bits per heavy atom. The Morgan fingerprint density at radius 1 is 1.29 bits per heavy atom. The Bertz CT molecular complexity index is 594. The standard InChI is InChI=1S/C14H18N2O4S/c1-7(20-8(2)17)13(19)16-14-11(12(15)18)9-5-3-4-6-10(9)21-14/h7H,3-6H2,1-2H3,(H2,15,18)(H,16,19). The van der Waals surface area contributed by atoms with Crippen molar-refractivity contribution in [2.45, 2.75) is 45.6 Å². The lowest BCUT2D eigenvalue weighted by Crippen LogP contribution is -2.29. The van der Waals surface area contributed by atoms with Gasteiger partial charge in [0.25, 0.3) is 11.8 Å². The molecule has 7 heteroatoms. The SMILES string of the molecule is CC(=O)OC(C)C(=O)Nc1sc2c(c1C(N)=O)CCCC2. The van der Waals surface area contributed by atoms with Gasteiger partial charge in [0.1, 0.15) is 5.00 Å². The van der Waals surface area contributed by atoms with E-state index in [1.807, 2.05) is 0 Å². The monoisotopic (exact) mass is 310 g/mol. The van der Waals surface area contributed by atoms with E-state index in [-0.39, 0.29) is 0 Å². The molecule has 0 fully saturated rings. The van der Waals surface area contributed by atoms with Crippen molar-refractivity contribution in [2.75, 3.05) is 5.32 Å². The summed E-state index contributed by atoms with van der Waals surface area (Å²) in [5.41, 5.74) is 6.80. The molecule has 2 amide bonds. The highest BCUT2D eigenvalue weighted by Crippen LogP contribution is 2.37. The Hall–Kier alpha value is -1.89. The molecule has 0 radical (unpaired) electrons. The smallest absolute Gasteiger partial charge is 0.303 e. The van der Waals surface area contributed by atoms with E-state index in [0.29, 0.717) is 10.6 Å². The lowest BCUT2D eigenvalue weighted by Gasteiger charge is -2.12. The number of hydrogen-bond acceptors (Lipinski definition) is 5. The molecular formula is C14H18N2O4S. The zero-order chi connectivity index (χ0) is 15.6. The number of nitrogens with one attached hydrogen (secondary N) is 1. The van der Waals surface area contributed by atoms with Crippen molar-refractivity contribution in [3.63, 3.8) is 0 Å². The third kappa shape index (κ3) is 3.41.